The molecule has 0 radical (unpaired) electrons. The summed E-state index contributed by atoms with van der Waals surface area (Å²) in [7, 11) is 3.43. The highest BCUT2D eigenvalue weighted by Crippen LogP contribution is 2.27. The second-order valence-electron chi connectivity index (χ2n) is 11.9. The summed E-state index contributed by atoms with van der Waals surface area (Å²) in [5, 5.41) is 10.9. The molecule has 0 aliphatic heterocycles. The zero-order valence-electron chi connectivity index (χ0n) is 26.1. The van der Waals surface area contributed by atoms with Gasteiger partial charge in [0.05, 0.1) is 23.2 Å². The molecular formula is C31H48ClF2N4O4P. The van der Waals surface area contributed by atoms with Crippen LogP contribution in [0.2, 0.25) is 5.02 Å². The normalized spacial score (nSPS) is 15.7. The summed E-state index contributed by atoms with van der Waals surface area (Å²) in [6.07, 6.45) is 7.19. The molecule has 1 fully saturated rings. The first-order valence-corrected chi connectivity index (χ1v) is 15.7. The summed E-state index contributed by atoms with van der Waals surface area (Å²) < 4.78 is 29.1. The fourth-order valence-electron chi connectivity index (χ4n) is 4.80. The van der Waals surface area contributed by atoms with E-state index in [0.29, 0.717) is 12.1 Å². The van der Waals surface area contributed by atoms with Crippen molar-refractivity contribution in [3.63, 3.8) is 0 Å². The van der Waals surface area contributed by atoms with E-state index in [4.69, 9.17) is 11.6 Å². The minimum atomic E-state index is -3.39. The molecule has 8 nitrogen and oxygen atoms in total. The standard InChI is InChI=1S/C24H34ClF2N4O4P.C7H14/c1-13(2)21(8-14(3)36)31-23(35)18(10-24(26,27)11-28-12-32)15(4)29-22(34)17-6-7-20(19(25)9-17)30-16(5)33;1-7-5-3-2-4-6-7/h6-7,9,12-13,15,18,21,36H,8,10-11H2,1-5H3,(H,28,32)(H,29,34)(H,30,33)(H,31,35);7H,2-6H2,1H3. The van der Waals surface area contributed by atoms with Crippen molar-refractivity contribution in [2.75, 3.05) is 11.9 Å². The number of halogens is 3. The third-order valence-corrected chi connectivity index (χ3v) is 7.87. The van der Waals surface area contributed by atoms with E-state index in [-0.39, 0.29) is 34.9 Å². The van der Waals surface area contributed by atoms with Gasteiger partial charge in [0, 0.05) is 31.0 Å². The van der Waals surface area contributed by atoms with Gasteiger partial charge in [0.15, 0.2) is 0 Å². The first kappa shape index (κ1) is 38.4. The Morgan fingerprint density at radius 1 is 1.09 bits per heavy atom. The predicted octanol–water partition coefficient (Wildman–Crippen LogP) is 6.26. The summed E-state index contributed by atoms with van der Waals surface area (Å²) in [6.45, 7) is 9.83. The topological polar surface area (TPSA) is 116 Å². The van der Waals surface area contributed by atoms with Crippen molar-refractivity contribution in [2.24, 2.45) is 17.8 Å². The molecule has 0 bridgehead atoms. The Balaban J connectivity index is 0.00000115. The fraction of sp³-hybridized carbons (Fsp3) is 0.645. The molecule has 0 spiro atoms. The lowest BCUT2D eigenvalue weighted by Crippen LogP contribution is -2.51. The maximum Gasteiger partial charge on any atom is 0.265 e. The first-order valence-electron chi connectivity index (χ1n) is 14.8. The number of hydrogen-bond acceptors (Lipinski definition) is 4. The quantitative estimate of drug-likeness (QED) is 0.141. The second-order valence-corrected chi connectivity index (χ2v) is 13.2. The van der Waals surface area contributed by atoms with Gasteiger partial charge in [-0.1, -0.05) is 69.8 Å². The van der Waals surface area contributed by atoms with E-state index < -0.39 is 42.7 Å². The zero-order valence-corrected chi connectivity index (χ0v) is 27.9. The monoisotopic (exact) mass is 644 g/mol. The number of rotatable bonds is 14. The second kappa shape index (κ2) is 18.9. The molecule has 0 heterocycles. The van der Waals surface area contributed by atoms with Crippen molar-refractivity contribution in [3.8, 4) is 0 Å². The van der Waals surface area contributed by atoms with Gasteiger partial charge in [-0.15, -0.1) is 8.86 Å². The fourth-order valence-corrected chi connectivity index (χ4v) is 5.25. The van der Waals surface area contributed by atoms with Crippen molar-refractivity contribution in [3.05, 3.63) is 28.8 Å². The van der Waals surface area contributed by atoms with Gasteiger partial charge in [-0.3, -0.25) is 19.2 Å². The van der Waals surface area contributed by atoms with Crippen molar-refractivity contribution >= 4 is 55.6 Å². The Morgan fingerprint density at radius 3 is 2.19 bits per heavy atom. The van der Waals surface area contributed by atoms with Gasteiger partial charge in [0.1, 0.15) is 0 Å². The highest BCUT2D eigenvalue weighted by atomic mass is 35.5. The molecule has 242 valence electrons. The van der Waals surface area contributed by atoms with Crippen LogP contribution in [-0.2, 0) is 14.4 Å². The predicted molar refractivity (Wildman–Crippen MR) is 172 cm³/mol. The molecule has 43 heavy (non-hydrogen) atoms. The van der Waals surface area contributed by atoms with Gasteiger partial charge in [0.25, 0.3) is 11.8 Å². The average molecular weight is 645 g/mol. The highest BCUT2D eigenvalue weighted by Gasteiger charge is 2.39. The molecule has 1 aromatic rings. The summed E-state index contributed by atoms with van der Waals surface area (Å²) in [5.74, 6) is -5.25. The van der Waals surface area contributed by atoms with E-state index in [0.717, 1.165) is 11.2 Å². The van der Waals surface area contributed by atoms with E-state index in [1.165, 1.54) is 64.2 Å². The van der Waals surface area contributed by atoms with Crippen LogP contribution in [0.3, 0.4) is 0 Å². The van der Waals surface area contributed by atoms with E-state index >= 15 is 0 Å². The van der Waals surface area contributed by atoms with Crippen molar-refractivity contribution in [2.45, 2.75) is 104 Å². The lowest BCUT2D eigenvalue weighted by Gasteiger charge is -2.31. The number of carbonyl (C=O) groups excluding carboxylic acids is 4. The first-order chi connectivity index (χ1) is 20.1. The zero-order chi connectivity index (χ0) is 32.7. The van der Waals surface area contributed by atoms with Crippen molar-refractivity contribution < 1.29 is 28.0 Å². The van der Waals surface area contributed by atoms with E-state index in [1.54, 1.807) is 0 Å². The van der Waals surface area contributed by atoms with Crippen molar-refractivity contribution in [1.82, 2.24) is 16.0 Å². The van der Waals surface area contributed by atoms with Gasteiger partial charge < -0.3 is 21.3 Å². The van der Waals surface area contributed by atoms with Gasteiger partial charge in [-0.25, -0.2) is 8.78 Å². The molecule has 1 aliphatic rings. The smallest absolute Gasteiger partial charge is 0.265 e. The lowest BCUT2D eigenvalue weighted by atomic mass is 9.90. The van der Waals surface area contributed by atoms with Crippen LogP contribution in [-0.4, -0.2) is 54.0 Å². The Bertz CT molecular complexity index is 1100. The third kappa shape index (κ3) is 15.1. The molecule has 4 N–H and O–H groups in total. The molecular weight excluding hydrogens is 597 g/mol. The molecule has 1 aliphatic carbocycles. The van der Waals surface area contributed by atoms with Crippen LogP contribution in [0.4, 0.5) is 14.5 Å². The van der Waals surface area contributed by atoms with Crippen LogP contribution in [0, 0.1) is 17.8 Å². The Morgan fingerprint density at radius 2 is 1.72 bits per heavy atom. The average Bonchev–Trinajstić information content (AvgIpc) is 2.91. The largest absolute Gasteiger partial charge is 0.353 e. The van der Waals surface area contributed by atoms with Crippen LogP contribution in [0.1, 0.15) is 96.8 Å². The Kier molecular flexibility index (Phi) is 16.9. The van der Waals surface area contributed by atoms with E-state index in [1.807, 2.05) is 26.1 Å². The molecule has 2 rings (SSSR count). The summed E-state index contributed by atoms with van der Waals surface area (Å²) in [5.41, 5.74) is 0.436. The maximum atomic E-state index is 14.6. The van der Waals surface area contributed by atoms with Crippen LogP contribution in [0.15, 0.2) is 18.2 Å². The minimum absolute atomic E-state index is 0.0207. The van der Waals surface area contributed by atoms with Crippen LogP contribution >= 0.6 is 20.5 Å². The molecule has 3 unspecified atom stereocenters. The number of alkyl halides is 2. The Labute approximate surface area is 262 Å². The van der Waals surface area contributed by atoms with Crippen LogP contribution in [0.25, 0.3) is 0 Å². The molecule has 4 amide bonds. The minimum Gasteiger partial charge on any atom is -0.353 e. The van der Waals surface area contributed by atoms with Gasteiger partial charge in [-0.05, 0) is 50.3 Å². The van der Waals surface area contributed by atoms with Crippen LogP contribution < -0.4 is 21.3 Å². The highest BCUT2D eigenvalue weighted by molar-refractivity contribution is 7.20. The number of benzene rings is 1. The summed E-state index contributed by atoms with van der Waals surface area (Å²) in [6, 6.07) is 2.88. The summed E-state index contributed by atoms with van der Waals surface area (Å²) >= 11 is 6.13. The molecule has 0 aromatic heterocycles. The third-order valence-electron chi connectivity index (χ3n) is 7.36. The molecule has 1 saturated carbocycles. The number of amides is 4. The number of hydrogen-bond donors (Lipinski definition) is 4. The molecule has 0 saturated heterocycles. The molecule has 12 heteroatoms. The number of nitrogens with one attached hydrogen (secondary N) is 4. The van der Waals surface area contributed by atoms with Crippen molar-refractivity contribution in [1.29, 1.82) is 0 Å². The van der Waals surface area contributed by atoms with Gasteiger partial charge in [-0.2, -0.15) is 0 Å². The number of carbonyl (C=O) groups is 4. The Hall–Kier alpha value is -2.58. The van der Waals surface area contributed by atoms with Gasteiger partial charge in [0.2, 0.25) is 18.2 Å². The van der Waals surface area contributed by atoms with E-state index in [9.17, 15) is 28.0 Å². The summed E-state index contributed by atoms with van der Waals surface area (Å²) in [4.78, 5) is 47.8. The SMILES string of the molecule is CC(=O)Nc1ccc(C(=O)NC(C)C(CC(F)(F)CNC=O)C(=O)NC(CC(C)=P)C(C)C)cc1Cl.CC1CCCCC1. The molecule has 1 aromatic carbocycles. The molecule has 3 atom stereocenters. The van der Waals surface area contributed by atoms with E-state index in [2.05, 4.69) is 31.7 Å². The number of anilines is 1. The van der Waals surface area contributed by atoms with Crippen LogP contribution in [0.5, 0.6) is 0 Å². The maximum absolute atomic E-state index is 14.6. The van der Waals surface area contributed by atoms with Gasteiger partial charge >= 0.3 is 0 Å². The lowest BCUT2D eigenvalue weighted by molar-refractivity contribution is -0.130.